The molecule has 0 radical (unpaired) electrons. The van der Waals surface area contributed by atoms with E-state index in [4.69, 9.17) is 4.74 Å². The lowest BCUT2D eigenvalue weighted by molar-refractivity contribution is -0.0265. The van der Waals surface area contributed by atoms with Crippen molar-refractivity contribution in [3.8, 4) is 5.88 Å². The molecule has 0 bridgehead atoms. The minimum absolute atomic E-state index is 0.128. The zero-order valence-electron chi connectivity index (χ0n) is 13.2. The molecule has 1 aromatic rings. The molecular formula is C16H19F2N3O2S. The Morgan fingerprint density at radius 1 is 1.38 bits per heavy atom. The second-order valence-corrected chi connectivity index (χ2v) is 7.67. The highest BCUT2D eigenvalue weighted by Gasteiger charge is 2.45. The number of ether oxygens (including phenoxy) is 1. The standard InChI is InChI=1S/C16H19F2N3O2S/c17-16(18)8-21(9-16)13-4-3-12(15(22)20-5-6-24-10-20)19-14(13)23-7-11-1-2-11/h3-4,11H,1-2,5-10H2. The normalized spacial score (nSPS) is 22.4. The average Bonchev–Trinajstić information content (AvgIpc) is 3.21. The van der Waals surface area contributed by atoms with Crippen LogP contribution in [0.1, 0.15) is 23.3 Å². The summed E-state index contributed by atoms with van der Waals surface area (Å²) in [4.78, 5) is 20.1. The number of hydrogen-bond acceptors (Lipinski definition) is 5. The molecule has 8 heteroatoms. The molecule has 0 N–H and O–H groups in total. The van der Waals surface area contributed by atoms with Gasteiger partial charge in [0.2, 0.25) is 5.88 Å². The molecule has 0 aromatic carbocycles. The monoisotopic (exact) mass is 355 g/mol. The third-order valence-electron chi connectivity index (χ3n) is 4.44. The topological polar surface area (TPSA) is 45.7 Å². The number of aromatic nitrogens is 1. The largest absolute Gasteiger partial charge is 0.476 e. The number of amides is 1. The second-order valence-electron chi connectivity index (χ2n) is 6.59. The van der Waals surface area contributed by atoms with E-state index in [1.54, 1.807) is 33.7 Å². The zero-order valence-corrected chi connectivity index (χ0v) is 14.0. The van der Waals surface area contributed by atoms with E-state index in [1.807, 2.05) is 0 Å². The third kappa shape index (κ3) is 3.29. The summed E-state index contributed by atoms with van der Waals surface area (Å²) in [6, 6.07) is 3.29. The Kier molecular flexibility index (Phi) is 4.02. The van der Waals surface area contributed by atoms with Gasteiger partial charge in [0.1, 0.15) is 11.4 Å². The predicted octanol–water partition coefficient (Wildman–Crippen LogP) is 2.47. The summed E-state index contributed by atoms with van der Waals surface area (Å²) in [5.41, 5.74) is 0.869. The van der Waals surface area contributed by atoms with Gasteiger partial charge in [0.15, 0.2) is 0 Å². The molecule has 0 spiro atoms. The van der Waals surface area contributed by atoms with E-state index in [0.717, 1.165) is 18.6 Å². The fourth-order valence-electron chi connectivity index (χ4n) is 2.80. The van der Waals surface area contributed by atoms with E-state index in [9.17, 15) is 13.6 Å². The number of pyridine rings is 1. The maximum absolute atomic E-state index is 13.2. The van der Waals surface area contributed by atoms with Crippen LogP contribution in [0.25, 0.3) is 0 Å². The van der Waals surface area contributed by atoms with Crippen molar-refractivity contribution in [1.82, 2.24) is 9.88 Å². The Morgan fingerprint density at radius 2 is 2.17 bits per heavy atom. The van der Waals surface area contributed by atoms with Gasteiger partial charge in [0.25, 0.3) is 11.8 Å². The van der Waals surface area contributed by atoms with E-state index in [-0.39, 0.29) is 19.0 Å². The molecule has 3 fully saturated rings. The predicted molar refractivity (Wildman–Crippen MR) is 88.0 cm³/mol. The molecular weight excluding hydrogens is 336 g/mol. The summed E-state index contributed by atoms with van der Waals surface area (Å²) < 4.78 is 32.1. The molecule has 4 rings (SSSR count). The molecule has 1 aliphatic carbocycles. The van der Waals surface area contributed by atoms with Crippen molar-refractivity contribution in [2.45, 2.75) is 18.8 Å². The molecule has 24 heavy (non-hydrogen) atoms. The lowest BCUT2D eigenvalue weighted by atomic mass is 10.1. The molecule has 2 aliphatic heterocycles. The van der Waals surface area contributed by atoms with E-state index in [1.165, 1.54) is 0 Å². The van der Waals surface area contributed by atoms with Crippen LogP contribution in [0.3, 0.4) is 0 Å². The Morgan fingerprint density at radius 3 is 2.79 bits per heavy atom. The Labute approximate surface area is 143 Å². The van der Waals surface area contributed by atoms with Gasteiger partial charge < -0.3 is 14.5 Å². The number of rotatable bonds is 5. The quantitative estimate of drug-likeness (QED) is 0.812. The fourth-order valence-corrected chi connectivity index (χ4v) is 3.74. The van der Waals surface area contributed by atoms with Gasteiger partial charge >= 0.3 is 0 Å². The third-order valence-corrected chi connectivity index (χ3v) is 5.40. The van der Waals surface area contributed by atoms with Gasteiger partial charge in [-0.1, -0.05) is 0 Å². The van der Waals surface area contributed by atoms with Gasteiger partial charge in [0.05, 0.1) is 25.6 Å². The van der Waals surface area contributed by atoms with Crippen molar-refractivity contribution in [2.75, 3.05) is 42.8 Å². The molecule has 1 saturated carbocycles. The first-order valence-corrected chi connectivity index (χ1v) is 9.31. The van der Waals surface area contributed by atoms with Crippen molar-refractivity contribution in [1.29, 1.82) is 0 Å². The van der Waals surface area contributed by atoms with Crippen LogP contribution in [-0.2, 0) is 0 Å². The number of carbonyl (C=O) groups excluding carboxylic acids is 1. The summed E-state index contributed by atoms with van der Waals surface area (Å²) in [5.74, 6) is -0.371. The molecule has 130 valence electrons. The highest BCUT2D eigenvalue weighted by atomic mass is 32.2. The summed E-state index contributed by atoms with van der Waals surface area (Å²) >= 11 is 1.71. The van der Waals surface area contributed by atoms with Crippen LogP contribution in [0.4, 0.5) is 14.5 Å². The molecule has 1 amide bonds. The Hall–Kier alpha value is -1.57. The van der Waals surface area contributed by atoms with E-state index >= 15 is 0 Å². The van der Waals surface area contributed by atoms with Crippen LogP contribution in [0.2, 0.25) is 0 Å². The number of alkyl halides is 2. The number of anilines is 1. The molecule has 3 heterocycles. The summed E-state index contributed by atoms with van der Waals surface area (Å²) in [7, 11) is 0. The molecule has 1 aromatic heterocycles. The first kappa shape index (κ1) is 15.9. The fraction of sp³-hybridized carbons (Fsp3) is 0.625. The van der Waals surface area contributed by atoms with Gasteiger partial charge in [-0.2, -0.15) is 0 Å². The van der Waals surface area contributed by atoms with Crippen molar-refractivity contribution in [2.24, 2.45) is 5.92 Å². The SMILES string of the molecule is O=C(c1ccc(N2CC(F)(F)C2)c(OCC2CC2)n1)N1CCSC1. The van der Waals surface area contributed by atoms with Crippen molar-refractivity contribution >= 4 is 23.4 Å². The summed E-state index contributed by atoms with van der Waals surface area (Å²) in [6.07, 6.45) is 2.25. The van der Waals surface area contributed by atoms with Crippen LogP contribution in [-0.4, -0.2) is 59.6 Å². The average molecular weight is 355 g/mol. The number of nitrogens with zero attached hydrogens (tertiary/aromatic N) is 3. The molecule has 0 unspecified atom stereocenters. The Balaban J connectivity index is 1.55. The van der Waals surface area contributed by atoms with Crippen molar-refractivity contribution < 1.29 is 18.3 Å². The number of hydrogen-bond donors (Lipinski definition) is 0. The molecule has 0 atom stereocenters. The minimum Gasteiger partial charge on any atom is -0.476 e. The first-order chi connectivity index (χ1) is 11.5. The van der Waals surface area contributed by atoms with Crippen LogP contribution in [0.5, 0.6) is 5.88 Å². The summed E-state index contributed by atoms with van der Waals surface area (Å²) in [5, 5.41) is 0. The molecule has 2 saturated heterocycles. The maximum atomic E-state index is 13.2. The molecule has 5 nitrogen and oxygen atoms in total. The Bertz CT molecular complexity index is 640. The van der Waals surface area contributed by atoms with E-state index in [0.29, 0.717) is 42.2 Å². The smallest absolute Gasteiger partial charge is 0.282 e. The van der Waals surface area contributed by atoms with Crippen molar-refractivity contribution in [3.63, 3.8) is 0 Å². The van der Waals surface area contributed by atoms with Gasteiger partial charge in [-0.15, -0.1) is 11.8 Å². The first-order valence-electron chi connectivity index (χ1n) is 8.15. The van der Waals surface area contributed by atoms with Crippen LogP contribution in [0.15, 0.2) is 12.1 Å². The minimum atomic E-state index is -2.66. The van der Waals surface area contributed by atoms with Gasteiger partial charge in [-0.05, 0) is 30.9 Å². The van der Waals surface area contributed by atoms with E-state index in [2.05, 4.69) is 4.98 Å². The van der Waals surface area contributed by atoms with E-state index < -0.39 is 5.92 Å². The number of thioether (sulfide) groups is 1. The van der Waals surface area contributed by atoms with Crippen LogP contribution < -0.4 is 9.64 Å². The lowest BCUT2D eigenvalue weighted by Crippen LogP contribution is -2.56. The maximum Gasteiger partial charge on any atom is 0.282 e. The van der Waals surface area contributed by atoms with Crippen molar-refractivity contribution in [3.05, 3.63) is 17.8 Å². The van der Waals surface area contributed by atoms with Crippen LogP contribution in [0, 0.1) is 5.92 Å². The zero-order chi connectivity index (χ0) is 16.7. The number of carbonyl (C=O) groups is 1. The second kappa shape index (κ2) is 6.06. The van der Waals surface area contributed by atoms with Gasteiger partial charge in [-0.3, -0.25) is 4.79 Å². The van der Waals surface area contributed by atoms with Crippen LogP contribution >= 0.6 is 11.8 Å². The lowest BCUT2D eigenvalue weighted by Gasteiger charge is -2.40. The number of halogens is 2. The van der Waals surface area contributed by atoms with Gasteiger partial charge in [-0.25, -0.2) is 13.8 Å². The molecule has 3 aliphatic rings. The highest BCUT2D eigenvalue weighted by molar-refractivity contribution is 7.99. The summed E-state index contributed by atoms with van der Waals surface area (Å²) in [6.45, 7) is 0.583. The highest BCUT2D eigenvalue weighted by Crippen LogP contribution is 2.38. The van der Waals surface area contributed by atoms with Gasteiger partial charge in [0, 0.05) is 12.3 Å².